The summed E-state index contributed by atoms with van der Waals surface area (Å²) in [4.78, 5) is 33.1. The fourth-order valence-corrected chi connectivity index (χ4v) is 6.74. The van der Waals surface area contributed by atoms with Crippen LogP contribution in [0.5, 0.6) is 0 Å². The largest absolute Gasteiger partial charge is 0.462 e. The van der Waals surface area contributed by atoms with Crippen LogP contribution in [0.2, 0.25) is 0 Å². The molecule has 0 saturated carbocycles. The monoisotopic (exact) mass is 540 g/mol. The SMILES string of the molecule is CCOC(=O)c1c(NC(=O)c2cc(-c3ccc(C(C)C)cc3)nc3ccc(C)cc23)sc2c1CC[C@H](CC)C2. The third-order valence-electron chi connectivity index (χ3n) is 7.73. The number of aromatic nitrogens is 1. The number of anilines is 1. The Bertz CT molecular complexity index is 1540. The van der Waals surface area contributed by atoms with Crippen LogP contribution in [0.15, 0.2) is 48.5 Å². The lowest BCUT2D eigenvalue weighted by Crippen LogP contribution is -2.17. The second-order valence-electron chi connectivity index (χ2n) is 10.8. The number of pyridine rings is 1. The number of fused-ring (bicyclic) bond motifs is 2. The van der Waals surface area contributed by atoms with Crippen LogP contribution in [0.3, 0.4) is 0 Å². The topological polar surface area (TPSA) is 68.3 Å². The van der Waals surface area contributed by atoms with Crippen LogP contribution in [0, 0.1) is 12.8 Å². The molecule has 2 heterocycles. The Labute approximate surface area is 234 Å². The van der Waals surface area contributed by atoms with E-state index in [-0.39, 0.29) is 11.9 Å². The molecule has 0 saturated heterocycles. The number of hydrogen-bond donors (Lipinski definition) is 1. The number of esters is 1. The summed E-state index contributed by atoms with van der Waals surface area (Å²) >= 11 is 1.52. The van der Waals surface area contributed by atoms with E-state index >= 15 is 0 Å². The van der Waals surface area contributed by atoms with Crippen LogP contribution in [0.1, 0.15) is 88.7 Å². The van der Waals surface area contributed by atoms with Gasteiger partial charge in [-0.2, -0.15) is 0 Å². The lowest BCUT2D eigenvalue weighted by Gasteiger charge is -2.20. The van der Waals surface area contributed by atoms with E-state index in [1.54, 1.807) is 0 Å². The highest BCUT2D eigenvalue weighted by Crippen LogP contribution is 2.41. The second-order valence-corrected chi connectivity index (χ2v) is 11.9. The maximum Gasteiger partial charge on any atom is 0.341 e. The number of benzene rings is 2. The minimum absolute atomic E-state index is 0.246. The standard InChI is InChI=1S/C33H36N2O3S/c1-6-21-9-14-24-29(17-21)39-32(30(24)33(37)38-7-2)35-31(36)26-18-28(23-12-10-22(11-13-23)19(3)4)34-27-15-8-20(5)16-25(26)27/h8,10-13,15-16,18-19,21H,6-7,9,14,17H2,1-5H3,(H,35,36)/t21-/m0/s1. The predicted molar refractivity (Wildman–Crippen MR) is 160 cm³/mol. The molecule has 39 heavy (non-hydrogen) atoms. The molecule has 0 fully saturated rings. The summed E-state index contributed by atoms with van der Waals surface area (Å²) < 4.78 is 5.43. The highest BCUT2D eigenvalue weighted by molar-refractivity contribution is 7.17. The Morgan fingerprint density at radius 3 is 2.56 bits per heavy atom. The summed E-state index contributed by atoms with van der Waals surface area (Å²) in [6, 6.07) is 16.2. The Balaban J connectivity index is 1.57. The normalized spacial score (nSPS) is 14.9. The number of ether oxygens (including phenoxy) is 1. The number of rotatable bonds is 7. The maximum absolute atomic E-state index is 13.9. The number of nitrogens with zero attached hydrogens (tertiary/aromatic N) is 1. The average molecular weight is 541 g/mol. The van der Waals surface area contributed by atoms with Gasteiger partial charge in [0.2, 0.25) is 0 Å². The van der Waals surface area contributed by atoms with Gasteiger partial charge in [-0.05, 0) is 74.3 Å². The van der Waals surface area contributed by atoms with Crippen LogP contribution in [-0.2, 0) is 17.6 Å². The van der Waals surface area contributed by atoms with Gasteiger partial charge in [-0.15, -0.1) is 11.3 Å². The molecule has 0 bridgehead atoms. The summed E-state index contributed by atoms with van der Waals surface area (Å²) in [5, 5.41) is 4.50. The van der Waals surface area contributed by atoms with Gasteiger partial charge >= 0.3 is 5.97 Å². The molecule has 5 nitrogen and oxygen atoms in total. The number of carbonyl (C=O) groups excluding carboxylic acids is 2. The van der Waals surface area contributed by atoms with Crippen molar-refractivity contribution in [2.75, 3.05) is 11.9 Å². The number of nitrogens with one attached hydrogen (secondary N) is 1. The van der Waals surface area contributed by atoms with E-state index in [4.69, 9.17) is 9.72 Å². The molecule has 1 N–H and O–H groups in total. The van der Waals surface area contributed by atoms with Crippen molar-refractivity contribution >= 4 is 39.1 Å². The van der Waals surface area contributed by atoms with Crippen LogP contribution in [0.4, 0.5) is 5.00 Å². The molecule has 0 spiro atoms. The van der Waals surface area contributed by atoms with Crippen molar-refractivity contribution in [1.82, 2.24) is 4.98 Å². The van der Waals surface area contributed by atoms with Gasteiger partial charge in [0.15, 0.2) is 0 Å². The van der Waals surface area contributed by atoms with E-state index < -0.39 is 0 Å². The lowest BCUT2D eigenvalue weighted by molar-refractivity contribution is 0.0526. The summed E-state index contributed by atoms with van der Waals surface area (Å²) in [6.07, 6.45) is 3.93. The van der Waals surface area contributed by atoms with Crippen LogP contribution < -0.4 is 5.32 Å². The fourth-order valence-electron chi connectivity index (χ4n) is 5.39. The van der Waals surface area contributed by atoms with Crippen LogP contribution in [0.25, 0.3) is 22.2 Å². The third kappa shape index (κ3) is 5.48. The third-order valence-corrected chi connectivity index (χ3v) is 8.90. The maximum atomic E-state index is 13.9. The van der Waals surface area contributed by atoms with Gasteiger partial charge in [-0.3, -0.25) is 4.79 Å². The number of thiophene rings is 1. The Morgan fingerprint density at radius 1 is 1.10 bits per heavy atom. The summed E-state index contributed by atoms with van der Waals surface area (Å²) in [5.41, 5.74) is 6.88. The van der Waals surface area contributed by atoms with Crippen molar-refractivity contribution in [2.45, 2.75) is 66.2 Å². The van der Waals surface area contributed by atoms with Crippen molar-refractivity contribution in [2.24, 2.45) is 5.92 Å². The first-order valence-corrected chi connectivity index (χ1v) is 14.7. The van der Waals surface area contributed by atoms with Crippen molar-refractivity contribution in [3.63, 3.8) is 0 Å². The molecule has 2 aromatic carbocycles. The second kappa shape index (κ2) is 11.3. The fraction of sp³-hybridized carbons (Fsp3) is 0.364. The molecule has 2 aromatic heterocycles. The van der Waals surface area contributed by atoms with Crippen molar-refractivity contribution in [1.29, 1.82) is 0 Å². The highest BCUT2D eigenvalue weighted by atomic mass is 32.1. The highest BCUT2D eigenvalue weighted by Gasteiger charge is 2.30. The smallest absolute Gasteiger partial charge is 0.341 e. The first-order chi connectivity index (χ1) is 18.8. The molecule has 202 valence electrons. The molecule has 0 radical (unpaired) electrons. The molecule has 4 aromatic rings. The van der Waals surface area contributed by atoms with Gasteiger partial charge in [0.05, 0.1) is 28.9 Å². The van der Waals surface area contributed by atoms with Crippen molar-refractivity contribution in [3.8, 4) is 11.3 Å². The van der Waals surface area contributed by atoms with Gasteiger partial charge < -0.3 is 10.1 Å². The number of aryl methyl sites for hydroxylation is 1. The van der Waals surface area contributed by atoms with Crippen molar-refractivity contribution in [3.05, 3.63) is 81.2 Å². The van der Waals surface area contributed by atoms with E-state index in [2.05, 4.69) is 50.4 Å². The Morgan fingerprint density at radius 2 is 1.87 bits per heavy atom. The molecule has 5 rings (SSSR count). The first-order valence-electron chi connectivity index (χ1n) is 13.9. The predicted octanol–water partition coefficient (Wildman–Crippen LogP) is 8.34. The van der Waals surface area contributed by atoms with E-state index in [0.717, 1.165) is 59.0 Å². The minimum Gasteiger partial charge on any atom is -0.462 e. The molecule has 1 atom stereocenters. The van der Waals surface area contributed by atoms with Gasteiger partial charge in [0.1, 0.15) is 5.00 Å². The van der Waals surface area contributed by atoms with E-state index in [0.29, 0.717) is 34.6 Å². The first kappa shape index (κ1) is 27.1. The summed E-state index contributed by atoms with van der Waals surface area (Å²) in [5.74, 6) is 0.433. The Hall–Kier alpha value is -3.51. The van der Waals surface area contributed by atoms with Gasteiger partial charge in [-0.1, -0.05) is 63.1 Å². The zero-order chi connectivity index (χ0) is 27.7. The number of amides is 1. The van der Waals surface area contributed by atoms with Gasteiger partial charge in [-0.25, -0.2) is 9.78 Å². The summed E-state index contributed by atoms with van der Waals surface area (Å²) in [7, 11) is 0. The molecule has 1 aliphatic rings. The molecule has 1 aliphatic carbocycles. The molecule has 0 unspecified atom stereocenters. The summed E-state index contributed by atoms with van der Waals surface area (Å²) in [6.45, 7) is 10.7. The zero-order valence-corrected chi connectivity index (χ0v) is 24.2. The molecular formula is C33H36N2O3S. The van der Waals surface area contributed by atoms with Crippen LogP contribution >= 0.6 is 11.3 Å². The minimum atomic E-state index is -0.360. The molecule has 6 heteroatoms. The van der Waals surface area contributed by atoms with Crippen molar-refractivity contribution < 1.29 is 14.3 Å². The van der Waals surface area contributed by atoms with E-state index in [1.807, 2.05) is 38.1 Å². The number of hydrogen-bond acceptors (Lipinski definition) is 5. The van der Waals surface area contributed by atoms with Gasteiger partial charge in [0.25, 0.3) is 5.91 Å². The zero-order valence-electron chi connectivity index (χ0n) is 23.4. The van der Waals surface area contributed by atoms with E-state index in [9.17, 15) is 9.59 Å². The molecule has 0 aliphatic heterocycles. The molecule has 1 amide bonds. The average Bonchev–Trinajstić information content (AvgIpc) is 3.29. The lowest BCUT2D eigenvalue weighted by atomic mass is 9.85. The van der Waals surface area contributed by atoms with Gasteiger partial charge in [0, 0.05) is 15.8 Å². The molecular weight excluding hydrogens is 504 g/mol. The van der Waals surface area contributed by atoms with E-state index in [1.165, 1.54) is 21.8 Å². The quantitative estimate of drug-likeness (QED) is 0.239. The number of carbonyl (C=O) groups is 2. The Kier molecular flexibility index (Phi) is 7.85. The van der Waals surface area contributed by atoms with Crippen LogP contribution in [-0.4, -0.2) is 23.5 Å².